The van der Waals surface area contributed by atoms with Crippen LogP contribution < -0.4 is 0 Å². The van der Waals surface area contributed by atoms with Crippen molar-refractivity contribution < 1.29 is 19.4 Å². The number of hydrogen-bond acceptors (Lipinski definition) is 5. The van der Waals surface area contributed by atoms with Gasteiger partial charge in [-0.15, -0.1) is 5.10 Å². The number of amides is 1. The molecule has 0 spiro atoms. The molecule has 0 bridgehead atoms. The van der Waals surface area contributed by atoms with Gasteiger partial charge in [0, 0.05) is 12.0 Å². The van der Waals surface area contributed by atoms with Gasteiger partial charge in [-0.25, -0.2) is 4.98 Å². The van der Waals surface area contributed by atoms with E-state index in [1.807, 2.05) is 20.8 Å². The van der Waals surface area contributed by atoms with Crippen LogP contribution in [0.4, 0.5) is 0 Å². The van der Waals surface area contributed by atoms with E-state index in [1.54, 1.807) is 0 Å². The van der Waals surface area contributed by atoms with Gasteiger partial charge in [-0.1, -0.05) is 20.8 Å². The highest BCUT2D eigenvalue weighted by Gasteiger charge is 2.32. The van der Waals surface area contributed by atoms with Crippen molar-refractivity contribution in [2.24, 2.45) is 0 Å². The van der Waals surface area contributed by atoms with Crippen LogP contribution in [-0.2, 0) is 14.9 Å². The zero-order valence-electron chi connectivity index (χ0n) is 12.4. The molecule has 21 heavy (non-hydrogen) atoms. The second-order valence-electron chi connectivity index (χ2n) is 6.08. The number of ether oxygens (including phenoxy) is 1. The zero-order valence-corrected chi connectivity index (χ0v) is 12.4. The third kappa shape index (κ3) is 3.57. The maximum Gasteiger partial charge on any atom is 0.305 e. The van der Waals surface area contributed by atoms with Crippen molar-refractivity contribution in [2.75, 3.05) is 19.8 Å². The summed E-state index contributed by atoms with van der Waals surface area (Å²) in [5, 5.41) is 15.6. The first-order chi connectivity index (χ1) is 9.79. The summed E-state index contributed by atoms with van der Waals surface area (Å²) in [5.41, 5.74) is -0.239. The fourth-order valence-electron chi connectivity index (χ4n) is 2.11. The highest BCUT2D eigenvalue weighted by atomic mass is 16.5. The van der Waals surface area contributed by atoms with Gasteiger partial charge >= 0.3 is 5.97 Å². The normalized spacial score (nSPS) is 19.6. The topological polar surface area (TPSA) is 108 Å². The molecule has 2 N–H and O–H groups in total. The molecule has 1 saturated heterocycles. The average molecular weight is 296 g/mol. The first-order valence-corrected chi connectivity index (χ1v) is 6.82. The number of rotatable bonds is 3. The molecule has 1 aromatic heterocycles. The molecule has 8 heteroatoms. The first kappa shape index (κ1) is 15.4. The summed E-state index contributed by atoms with van der Waals surface area (Å²) in [6.07, 6.45) is -0.151. The van der Waals surface area contributed by atoms with E-state index >= 15 is 0 Å². The first-order valence-electron chi connectivity index (χ1n) is 6.82. The number of aromatic nitrogens is 3. The van der Waals surface area contributed by atoms with Gasteiger partial charge in [-0.2, -0.15) is 0 Å². The van der Waals surface area contributed by atoms with E-state index in [4.69, 9.17) is 9.84 Å². The number of aliphatic carboxylic acids is 1. The Morgan fingerprint density at radius 1 is 1.48 bits per heavy atom. The summed E-state index contributed by atoms with van der Waals surface area (Å²) in [6.45, 7) is 6.83. The molecular formula is C13H20N4O4. The summed E-state index contributed by atoms with van der Waals surface area (Å²) >= 11 is 0. The van der Waals surface area contributed by atoms with Crippen molar-refractivity contribution in [3.05, 3.63) is 11.6 Å². The minimum absolute atomic E-state index is 0.0669. The van der Waals surface area contributed by atoms with Gasteiger partial charge in [0.2, 0.25) is 5.82 Å². The average Bonchev–Trinajstić information content (AvgIpc) is 2.87. The maximum absolute atomic E-state index is 12.5. The summed E-state index contributed by atoms with van der Waals surface area (Å²) in [7, 11) is 0. The van der Waals surface area contributed by atoms with Gasteiger partial charge in [0.25, 0.3) is 5.91 Å². The molecule has 1 atom stereocenters. The smallest absolute Gasteiger partial charge is 0.305 e. The number of hydrogen-bond donors (Lipinski definition) is 2. The van der Waals surface area contributed by atoms with Crippen LogP contribution in [0.5, 0.6) is 0 Å². The lowest BCUT2D eigenvalue weighted by Crippen LogP contribution is -2.49. The van der Waals surface area contributed by atoms with Crippen molar-refractivity contribution in [2.45, 2.75) is 38.6 Å². The number of carbonyl (C=O) groups is 2. The lowest BCUT2D eigenvalue weighted by molar-refractivity contribution is -0.139. The molecule has 0 aromatic carbocycles. The van der Waals surface area contributed by atoms with Gasteiger partial charge in [0.05, 0.1) is 25.7 Å². The van der Waals surface area contributed by atoms with E-state index < -0.39 is 12.0 Å². The van der Waals surface area contributed by atoms with Crippen LogP contribution in [0.1, 0.15) is 43.6 Å². The van der Waals surface area contributed by atoms with Crippen LogP contribution in [0.15, 0.2) is 0 Å². The number of morpholine rings is 1. The van der Waals surface area contributed by atoms with Gasteiger partial charge in [-0.3, -0.25) is 14.7 Å². The third-order valence-corrected chi connectivity index (χ3v) is 3.29. The van der Waals surface area contributed by atoms with Crippen molar-refractivity contribution in [3.8, 4) is 0 Å². The van der Waals surface area contributed by atoms with Crippen LogP contribution in [0.25, 0.3) is 0 Å². The highest BCUT2D eigenvalue weighted by molar-refractivity contribution is 5.91. The minimum atomic E-state index is -0.964. The Morgan fingerprint density at radius 2 is 2.19 bits per heavy atom. The van der Waals surface area contributed by atoms with Crippen LogP contribution in [0.3, 0.4) is 0 Å². The van der Waals surface area contributed by atoms with Crippen molar-refractivity contribution in [1.29, 1.82) is 0 Å². The molecule has 1 aliphatic heterocycles. The number of carbonyl (C=O) groups excluding carboxylic acids is 1. The monoisotopic (exact) mass is 296 g/mol. The molecule has 8 nitrogen and oxygen atoms in total. The number of nitrogens with one attached hydrogen (secondary N) is 1. The minimum Gasteiger partial charge on any atom is -0.481 e. The van der Waals surface area contributed by atoms with Crippen LogP contribution >= 0.6 is 0 Å². The van der Waals surface area contributed by atoms with E-state index in [-0.39, 0.29) is 30.2 Å². The van der Waals surface area contributed by atoms with Crippen LogP contribution in [0.2, 0.25) is 0 Å². The van der Waals surface area contributed by atoms with E-state index in [1.165, 1.54) is 4.90 Å². The Balaban J connectivity index is 2.17. The predicted octanol–water partition coefficient (Wildman–Crippen LogP) is 0.418. The molecular weight excluding hydrogens is 276 g/mol. The molecule has 116 valence electrons. The van der Waals surface area contributed by atoms with E-state index in [0.717, 1.165) is 0 Å². The molecule has 1 aliphatic rings. The second kappa shape index (κ2) is 5.80. The Kier molecular flexibility index (Phi) is 4.26. The number of carboxylic acid groups (broad SMARTS) is 1. The lowest BCUT2D eigenvalue weighted by Gasteiger charge is -2.33. The zero-order chi connectivity index (χ0) is 15.6. The number of carboxylic acids is 1. The van der Waals surface area contributed by atoms with Crippen molar-refractivity contribution in [3.63, 3.8) is 0 Å². The lowest BCUT2D eigenvalue weighted by atomic mass is 9.96. The molecule has 2 rings (SSSR count). The molecule has 2 heterocycles. The number of aromatic amines is 1. The quantitative estimate of drug-likeness (QED) is 0.836. The van der Waals surface area contributed by atoms with Crippen LogP contribution in [0, 0.1) is 0 Å². The van der Waals surface area contributed by atoms with Crippen molar-refractivity contribution >= 4 is 11.9 Å². The molecule has 0 saturated carbocycles. The Labute approximate surface area is 122 Å². The SMILES string of the molecule is CC(C)(C)c1nc(C(=O)N2CCOCC2CC(=O)O)n[nH]1. The van der Waals surface area contributed by atoms with E-state index in [9.17, 15) is 9.59 Å². The highest BCUT2D eigenvalue weighted by Crippen LogP contribution is 2.19. The van der Waals surface area contributed by atoms with Gasteiger partial charge in [0.1, 0.15) is 5.82 Å². The molecule has 1 aromatic rings. The van der Waals surface area contributed by atoms with E-state index in [2.05, 4.69) is 15.2 Å². The standard InChI is InChI=1S/C13H20N4O4/c1-13(2,3)12-14-10(15-16-12)11(20)17-4-5-21-7-8(17)6-9(18)19/h8H,4-7H2,1-3H3,(H,18,19)(H,14,15,16). The Morgan fingerprint density at radius 3 is 2.76 bits per heavy atom. The van der Waals surface area contributed by atoms with Gasteiger partial charge in [0.15, 0.2) is 0 Å². The number of H-pyrrole nitrogens is 1. The molecule has 1 unspecified atom stereocenters. The molecule has 0 radical (unpaired) electrons. The predicted molar refractivity (Wildman–Crippen MR) is 73.0 cm³/mol. The Hall–Kier alpha value is -1.96. The van der Waals surface area contributed by atoms with Gasteiger partial charge in [-0.05, 0) is 0 Å². The second-order valence-corrected chi connectivity index (χ2v) is 6.08. The van der Waals surface area contributed by atoms with E-state index in [0.29, 0.717) is 19.0 Å². The summed E-state index contributed by atoms with van der Waals surface area (Å²) in [4.78, 5) is 29.0. The fraction of sp³-hybridized carbons (Fsp3) is 0.692. The summed E-state index contributed by atoms with van der Waals surface area (Å²) < 4.78 is 5.25. The molecule has 1 amide bonds. The molecule has 0 aliphatic carbocycles. The largest absolute Gasteiger partial charge is 0.481 e. The fourth-order valence-corrected chi connectivity index (χ4v) is 2.11. The van der Waals surface area contributed by atoms with Crippen LogP contribution in [-0.4, -0.2) is 62.9 Å². The Bertz CT molecular complexity index is 535. The van der Waals surface area contributed by atoms with Gasteiger partial charge < -0.3 is 14.7 Å². The number of nitrogens with zero attached hydrogens (tertiary/aromatic N) is 3. The summed E-state index contributed by atoms with van der Waals surface area (Å²) in [5.74, 6) is -0.643. The third-order valence-electron chi connectivity index (χ3n) is 3.29. The molecule has 1 fully saturated rings. The van der Waals surface area contributed by atoms with Crippen molar-refractivity contribution in [1.82, 2.24) is 20.1 Å². The maximum atomic E-state index is 12.5. The summed E-state index contributed by atoms with van der Waals surface area (Å²) in [6, 6.07) is -0.486.